The van der Waals surface area contributed by atoms with Crippen LogP contribution in [0.3, 0.4) is 0 Å². The minimum absolute atomic E-state index is 0.0356. The van der Waals surface area contributed by atoms with Crippen molar-refractivity contribution in [3.63, 3.8) is 0 Å². The van der Waals surface area contributed by atoms with E-state index in [1.165, 1.54) is 6.08 Å². The minimum Gasteiger partial charge on any atom is -0.307 e. The molecule has 0 N–H and O–H groups in total. The summed E-state index contributed by atoms with van der Waals surface area (Å²) in [5.41, 5.74) is 1.97. The molecule has 21 heavy (non-hydrogen) atoms. The summed E-state index contributed by atoms with van der Waals surface area (Å²) in [5.74, 6) is -0.0356. The maximum absolute atomic E-state index is 12.7. The van der Waals surface area contributed by atoms with Gasteiger partial charge in [-0.1, -0.05) is 23.9 Å². The smallest absolute Gasteiger partial charge is 0.259 e. The second-order valence-electron chi connectivity index (χ2n) is 4.50. The Hall–Kier alpha value is -2.36. The van der Waals surface area contributed by atoms with E-state index in [9.17, 15) is 9.59 Å². The molecular formula is C16H12N2O2S. The molecule has 5 heteroatoms. The number of hydrogen-bond donors (Lipinski definition) is 0. The van der Waals surface area contributed by atoms with E-state index in [0.717, 1.165) is 15.5 Å². The van der Waals surface area contributed by atoms with E-state index in [1.807, 2.05) is 37.3 Å². The number of aliphatic imine (C=N–C) groups is 1. The van der Waals surface area contributed by atoms with Crippen molar-refractivity contribution < 1.29 is 9.59 Å². The summed E-state index contributed by atoms with van der Waals surface area (Å²) in [6.45, 7) is 2.48. The molecule has 0 aromatic heterocycles. The Kier molecular flexibility index (Phi) is 3.60. The van der Waals surface area contributed by atoms with Gasteiger partial charge in [0.1, 0.15) is 0 Å². The Morgan fingerprint density at radius 1 is 1.19 bits per heavy atom. The molecule has 0 aliphatic carbocycles. The normalized spacial score (nSPS) is 13.0. The van der Waals surface area contributed by atoms with Gasteiger partial charge < -0.3 is 4.90 Å². The predicted octanol–water partition coefficient (Wildman–Crippen LogP) is 3.79. The lowest BCUT2D eigenvalue weighted by atomic mass is 10.1. The van der Waals surface area contributed by atoms with Gasteiger partial charge >= 0.3 is 0 Å². The van der Waals surface area contributed by atoms with Crippen molar-refractivity contribution in [2.75, 3.05) is 11.4 Å². The largest absolute Gasteiger partial charge is 0.307 e. The van der Waals surface area contributed by atoms with Gasteiger partial charge in [0, 0.05) is 16.3 Å². The molecule has 0 unspecified atom stereocenters. The molecule has 104 valence electrons. The van der Waals surface area contributed by atoms with Crippen molar-refractivity contribution in [2.24, 2.45) is 4.99 Å². The number of fused-ring (bicyclic) bond motifs is 2. The summed E-state index contributed by atoms with van der Waals surface area (Å²) in [6, 6.07) is 13.0. The maximum atomic E-state index is 12.7. The second-order valence-corrected chi connectivity index (χ2v) is 5.59. The van der Waals surface area contributed by atoms with E-state index in [0.29, 0.717) is 17.8 Å². The van der Waals surface area contributed by atoms with Crippen LogP contribution in [-0.4, -0.2) is 18.5 Å². The summed E-state index contributed by atoms with van der Waals surface area (Å²) in [6.07, 6.45) is 1.53. The Balaban J connectivity index is 2.21. The summed E-state index contributed by atoms with van der Waals surface area (Å²) < 4.78 is 0. The topological polar surface area (TPSA) is 49.7 Å². The van der Waals surface area contributed by atoms with Gasteiger partial charge in [-0.25, -0.2) is 4.79 Å². The van der Waals surface area contributed by atoms with Gasteiger partial charge in [-0.3, -0.25) is 4.79 Å². The van der Waals surface area contributed by atoms with Gasteiger partial charge in [0.05, 0.1) is 16.9 Å². The SMILES string of the molecule is CCN1C(=O)c2ccccc2Sc2ccc(N=C=O)cc21. The zero-order chi connectivity index (χ0) is 14.8. The van der Waals surface area contributed by atoms with Gasteiger partial charge in [0.15, 0.2) is 0 Å². The first kappa shape index (κ1) is 13.6. The van der Waals surface area contributed by atoms with Crippen molar-refractivity contribution in [3.05, 3.63) is 48.0 Å². The molecule has 4 nitrogen and oxygen atoms in total. The van der Waals surface area contributed by atoms with Crippen LogP contribution >= 0.6 is 11.8 Å². The van der Waals surface area contributed by atoms with Gasteiger partial charge in [0.25, 0.3) is 5.91 Å². The molecular weight excluding hydrogens is 284 g/mol. The van der Waals surface area contributed by atoms with Crippen LogP contribution in [0.2, 0.25) is 0 Å². The third-order valence-corrected chi connectivity index (χ3v) is 4.45. The monoisotopic (exact) mass is 296 g/mol. The molecule has 1 aliphatic rings. The van der Waals surface area contributed by atoms with Gasteiger partial charge in [-0.05, 0) is 37.3 Å². The fourth-order valence-electron chi connectivity index (χ4n) is 2.34. The summed E-state index contributed by atoms with van der Waals surface area (Å²) >= 11 is 1.55. The van der Waals surface area contributed by atoms with Crippen molar-refractivity contribution in [1.29, 1.82) is 0 Å². The average Bonchev–Trinajstić information content (AvgIpc) is 2.62. The van der Waals surface area contributed by atoms with Crippen LogP contribution in [0.5, 0.6) is 0 Å². The van der Waals surface area contributed by atoms with Crippen molar-refractivity contribution >= 4 is 35.1 Å². The van der Waals surface area contributed by atoms with Crippen LogP contribution in [0.1, 0.15) is 17.3 Å². The van der Waals surface area contributed by atoms with Crippen LogP contribution in [0, 0.1) is 0 Å². The predicted molar refractivity (Wildman–Crippen MR) is 82.1 cm³/mol. The minimum atomic E-state index is -0.0356. The first-order valence-electron chi connectivity index (χ1n) is 6.55. The third-order valence-electron chi connectivity index (χ3n) is 3.31. The second kappa shape index (κ2) is 5.56. The highest BCUT2D eigenvalue weighted by Crippen LogP contribution is 2.42. The molecule has 1 aliphatic heterocycles. The molecule has 0 saturated carbocycles. The fraction of sp³-hybridized carbons (Fsp3) is 0.125. The van der Waals surface area contributed by atoms with Gasteiger partial charge in [-0.15, -0.1) is 0 Å². The first-order chi connectivity index (χ1) is 10.2. The number of carbonyl (C=O) groups excluding carboxylic acids is 2. The fourth-order valence-corrected chi connectivity index (χ4v) is 3.40. The first-order valence-corrected chi connectivity index (χ1v) is 7.37. The Bertz CT molecular complexity index is 767. The summed E-state index contributed by atoms with van der Waals surface area (Å²) in [5, 5.41) is 0. The number of amides is 1. The molecule has 2 aromatic carbocycles. The lowest BCUT2D eigenvalue weighted by molar-refractivity contribution is 0.0985. The summed E-state index contributed by atoms with van der Waals surface area (Å²) in [7, 11) is 0. The summed E-state index contributed by atoms with van der Waals surface area (Å²) in [4.78, 5) is 30.4. The molecule has 1 amide bonds. The van der Waals surface area contributed by atoms with E-state index in [1.54, 1.807) is 28.8 Å². The highest BCUT2D eigenvalue weighted by atomic mass is 32.2. The highest BCUT2D eigenvalue weighted by molar-refractivity contribution is 7.99. The number of nitrogens with zero attached hydrogens (tertiary/aromatic N) is 2. The van der Waals surface area contributed by atoms with E-state index < -0.39 is 0 Å². The van der Waals surface area contributed by atoms with E-state index in [2.05, 4.69) is 4.99 Å². The molecule has 0 fully saturated rings. The van der Waals surface area contributed by atoms with Crippen molar-refractivity contribution in [3.8, 4) is 0 Å². The Morgan fingerprint density at radius 2 is 2.00 bits per heavy atom. The molecule has 3 rings (SSSR count). The molecule has 0 atom stereocenters. The number of hydrogen-bond acceptors (Lipinski definition) is 4. The molecule has 2 aromatic rings. The van der Waals surface area contributed by atoms with Gasteiger partial charge in [0.2, 0.25) is 6.08 Å². The third kappa shape index (κ3) is 2.37. The van der Waals surface area contributed by atoms with Crippen LogP contribution < -0.4 is 4.90 Å². The zero-order valence-electron chi connectivity index (χ0n) is 11.4. The lowest BCUT2D eigenvalue weighted by Crippen LogP contribution is -2.30. The van der Waals surface area contributed by atoms with E-state index in [4.69, 9.17) is 0 Å². The zero-order valence-corrected chi connectivity index (χ0v) is 12.2. The quantitative estimate of drug-likeness (QED) is 0.626. The van der Waals surface area contributed by atoms with E-state index in [-0.39, 0.29) is 5.91 Å². The number of rotatable bonds is 2. The van der Waals surface area contributed by atoms with Crippen molar-refractivity contribution in [1.82, 2.24) is 0 Å². The van der Waals surface area contributed by atoms with Crippen LogP contribution in [0.4, 0.5) is 11.4 Å². The standard InChI is InChI=1S/C16H12N2O2S/c1-2-18-13-9-11(17-10-19)7-8-15(13)21-14-6-4-3-5-12(14)16(18)20/h3-9H,2H2,1H3. The van der Waals surface area contributed by atoms with Crippen LogP contribution in [0.25, 0.3) is 0 Å². The maximum Gasteiger partial charge on any atom is 0.259 e. The van der Waals surface area contributed by atoms with Crippen LogP contribution in [-0.2, 0) is 4.79 Å². The number of carbonyl (C=O) groups is 1. The highest BCUT2D eigenvalue weighted by Gasteiger charge is 2.26. The Morgan fingerprint density at radius 3 is 2.76 bits per heavy atom. The molecule has 0 bridgehead atoms. The number of benzene rings is 2. The number of anilines is 1. The number of isocyanates is 1. The average molecular weight is 296 g/mol. The van der Waals surface area contributed by atoms with Gasteiger partial charge in [-0.2, -0.15) is 4.99 Å². The Labute approximate surface area is 126 Å². The molecule has 0 saturated heterocycles. The van der Waals surface area contributed by atoms with E-state index >= 15 is 0 Å². The lowest BCUT2D eigenvalue weighted by Gasteiger charge is -2.21. The molecule has 0 radical (unpaired) electrons. The van der Waals surface area contributed by atoms with Crippen LogP contribution in [0.15, 0.2) is 57.2 Å². The molecule has 1 heterocycles. The molecule has 0 spiro atoms. The van der Waals surface area contributed by atoms with Crippen molar-refractivity contribution in [2.45, 2.75) is 16.7 Å².